The van der Waals surface area contributed by atoms with E-state index in [1.165, 1.54) is 89.9 Å². The first kappa shape index (κ1) is 34.0. The lowest BCUT2D eigenvalue weighted by Gasteiger charge is -2.09. The molecule has 0 aliphatic rings. The number of unbranched alkanes of at least 4 members (excludes halogenated alkanes) is 14. The molecule has 4 rings (SSSR count). The Balaban J connectivity index is 1.06. The van der Waals surface area contributed by atoms with E-state index < -0.39 is 0 Å². The third-order valence-electron chi connectivity index (χ3n) is 8.50. The Kier molecular flexibility index (Phi) is 15.3. The molecular formula is C42H52O3. The summed E-state index contributed by atoms with van der Waals surface area (Å²) in [5, 5.41) is 0. The minimum Gasteiger partial charge on any atom is -0.494 e. The summed E-state index contributed by atoms with van der Waals surface area (Å²) in [4.78, 5) is 12.7. The Morgan fingerprint density at radius 2 is 0.844 bits per heavy atom. The van der Waals surface area contributed by atoms with Crippen LogP contribution in [-0.2, 0) is 0 Å². The molecule has 0 aromatic heterocycles. The zero-order chi connectivity index (χ0) is 31.4. The smallest absolute Gasteiger partial charge is 0.343 e. The topological polar surface area (TPSA) is 35.5 Å². The van der Waals surface area contributed by atoms with Crippen LogP contribution >= 0.6 is 0 Å². The molecule has 238 valence electrons. The largest absolute Gasteiger partial charge is 0.494 e. The Bertz CT molecular complexity index is 1340. The maximum atomic E-state index is 12.7. The second kappa shape index (κ2) is 20.2. The summed E-state index contributed by atoms with van der Waals surface area (Å²) in [6.07, 6.45) is 20.6. The molecule has 0 saturated carbocycles. The van der Waals surface area contributed by atoms with Crippen LogP contribution in [0.4, 0.5) is 0 Å². The van der Waals surface area contributed by atoms with Crippen molar-refractivity contribution in [1.82, 2.24) is 0 Å². The van der Waals surface area contributed by atoms with E-state index in [4.69, 9.17) is 9.47 Å². The van der Waals surface area contributed by atoms with Gasteiger partial charge in [0.2, 0.25) is 0 Å². The van der Waals surface area contributed by atoms with Crippen LogP contribution in [0.15, 0.2) is 103 Å². The summed E-state index contributed by atoms with van der Waals surface area (Å²) >= 11 is 0. The molecule has 0 spiro atoms. The molecule has 0 bridgehead atoms. The molecule has 0 atom stereocenters. The molecule has 0 N–H and O–H groups in total. The predicted molar refractivity (Wildman–Crippen MR) is 189 cm³/mol. The predicted octanol–water partition coefficient (Wildman–Crippen LogP) is 12.5. The van der Waals surface area contributed by atoms with Gasteiger partial charge in [-0.3, -0.25) is 0 Å². The third kappa shape index (κ3) is 12.6. The van der Waals surface area contributed by atoms with Crippen LogP contribution in [0.25, 0.3) is 22.3 Å². The summed E-state index contributed by atoms with van der Waals surface area (Å²) in [5.74, 6) is 1.07. The number of carbonyl (C=O) groups excluding carboxylic acids is 1. The fourth-order valence-corrected chi connectivity index (χ4v) is 5.72. The van der Waals surface area contributed by atoms with Gasteiger partial charge in [0.05, 0.1) is 12.2 Å². The van der Waals surface area contributed by atoms with Gasteiger partial charge in [0.15, 0.2) is 0 Å². The maximum Gasteiger partial charge on any atom is 0.343 e. The number of hydrogen-bond donors (Lipinski definition) is 0. The Morgan fingerprint density at radius 1 is 0.444 bits per heavy atom. The van der Waals surface area contributed by atoms with Gasteiger partial charge in [-0.1, -0.05) is 164 Å². The van der Waals surface area contributed by atoms with Gasteiger partial charge in [-0.15, -0.1) is 0 Å². The van der Waals surface area contributed by atoms with Gasteiger partial charge < -0.3 is 9.47 Å². The number of esters is 1. The van der Waals surface area contributed by atoms with Crippen LogP contribution in [0.2, 0.25) is 0 Å². The van der Waals surface area contributed by atoms with E-state index in [-0.39, 0.29) is 5.97 Å². The summed E-state index contributed by atoms with van der Waals surface area (Å²) in [6, 6.07) is 33.5. The minimum absolute atomic E-state index is 0.363. The van der Waals surface area contributed by atoms with E-state index in [1.54, 1.807) is 0 Å². The lowest BCUT2D eigenvalue weighted by Crippen LogP contribution is -2.08. The fraction of sp³-hybridized carbons (Fsp3) is 0.405. The number of benzene rings is 4. The molecule has 0 saturated heterocycles. The van der Waals surface area contributed by atoms with Crippen LogP contribution in [0.3, 0.4) is 0 Å². The second-order valence-corrected chi connectivity index (χ2v) is 12.2. The van der Waals surface area contributed by atoms with Gasteiger partial charge >= 0.3 is 5.97 Å². The average molecular weight is 605 g/mol. The monoisotopic (exact) mass is 604 g/mol. The fourth-order valence-electron chi connectivity index (χ4n) is 5.72. The van der Waals surface area contributed by atoms with Gasteiger partial charge in [-0.25, -0.2) is 4.79 Å². The molecule has 45 heavy (non-hydrogen) atoms. The highest BCUT2D eigenvalue weighted by molar-refractivity contribution is 5.91. The summed E-state index contributed by atoms with van der Waals surface area (Å²) in [6.45, 7) is 3.06. The summed E-state index contributed by atoms with van der Waals surface area (Å²) < 4.78 is 11.6. The standard InChI is InChI=1S/C42H52O3/c1-2-3-4-5-6-7-8-9-10-11-12-13-14-15-19-34-44-40-30-26-37(27-31-40)38-28-32-41(33-29-38)45-42(43)39-24-22-36(23-25-39)35-20-17-16-18-21-35/h16-18,20-33H,2-15,19,34H2,1H3. The van der Waals surface area contributed by atoms with Crippen molar-refractivity contribution in [2.24, 2.45) is 0 Å². The highest BCUT2D eigenvalue weighted by atomic mass is 16.5. The van der Waals surface area contributed by atoms with Crippen molar-refractivity contribution < 1.29 is 14.3 Å². The molecule has 4 aromatic carbocycles. The van der Waals surface area contributed by atoms with E-state index in [9.17, 15) is 4.79 Å². The Labute approximate surface area is 272 Å². The lowest BCUT2D eigenvalue weighted by molar-refractivity contribution is 0.0735. The number of ether oxygens (including phenoxy) is 2. The molecule has 0 amide bonds. The molecule has 3 nitrogen and oxygen atoms in total. The highest BCUT2D eigenvalue weighted by Crippen LogP contribution is 2.26. The van der Waals surface area contributed by atoms with Crippen molar-refractivity contribution in [3.05, 3.63) is 109 Å². The number of carbonyl (C=O) groups is 1. The normalized spacial score (nSPS) is 11.0. The Morgan fingerprint density at radius 3 is 1.33 bits per heavy atom. The van der Waals surface area contributed by atoms with Crippen molar-refractivity contribution in [3.63, 3.8) is 0 Å². The Hall–Kier alpha value is -3.85. The molecule has 3 heteroatoms. The quantitative estimate of drug-likeness (QED) is 0.0539. The van der Waals surface area contributed by atoms with Crippen LogP contribution in [0, 0.1) is 0 Å². The van der Waals surface area contributed by atoms with Gasteiger partial charge in [0.25, 0.3) is 0 Å². The van der Waals surface area contributed by atoms with Gasteiger partial charge in [0.1, 0.15) is 11.5 Å². The highest BCUT2D eigenvalue weighted by Gasteiger charge is 2.10. The summed E-state index contributed by atoms with van der Waals surface area (Å²) in [5.41, 5.74) is 4.88. The molecule has 0 aliphatic heterocycles. The number of hydrogen-bond acceptors (Lipinski definition) is 3. The van der Waals surface area contributed by atoms with Crippen LogP contribution in [0.5, 0.6) is 11.5 Å². The van der Waals surface area contributed by atoms with Crippen LogP contribution < -0.4 is 9.47 Å². The van der Waals surface area contributed by atoms with Crippen molar-refractivity contribution in [2.45, 2.75) is 103 Å². The second-order valence-electron chi connectivity index (χ2n) is 12.2. The van der Waals surface area contributed by atoms with Crippen molar-refractivity contribution in [3.8, 4) is 33.8 Å². The van der Waals surface area contributed by atoms with E-state index in [0.717, 1.165) is 41.0 Å². The molecule has 0 fully saturated rings. The van der Waals surface area contributed by atoms with Crippen molar-refractivity contribution in [2.75, 3.05) is 6.61 Å². The molecule has 0 aliphatic carbocycles. The molecule has 0 unspecified atom stereocenters. The zero-order valence-electron chi connectivity index (χ0n) is 27.4. The first-order valence-electron chi connectivity index (χ1n) is 17.4. The lowest BCUT2D eigenvalue weighted by atomic mass is 10.0. The van der Waals surface area contributed by atoms with Gasteiger partial charge in [-0.05, 0) is 65.1 Å². The molecule has 0 heterocycles. The van der Waals surface area contributed by atoms with Gasteiger partial charge in [0, 0.05) is 0 Å². The van der Waals surface area contributed by atoms with Gasteiger partial charge in [-0.2, -0.15) is 0 Å². The van der Waals surface area contributed by atoms with Crippen molar-refractivity contribution >= 4 is 5.97 Å². The molecule has 4 aromatic rings. The van der Waals surface area contributed by atoms with Crippen LogP contribution in [0.1, 0.15) is 114 Å². The SMILES string of the molecule is CCCCCCCCCCCCCCCCCOc1ccc(-c2ccc(OC(=O)c3ccc(-c4ccccc4)cc3)cc2)cc1. The number of rotatable bonds is 21. The van der Waals surface area contributed by atoms with E-state index in [0.29, 0.717) is 11.3 Å². The first-order chi connectivity index (χ1) is 22.2. The van der Waals surface area contributed by atoms with E-state index in [2.05, 4.69) is 31.2 Å². The zero-order valence-corrected chi connectivity index (χ0v) is 27.4. The van der Waals surface area contributed by atoms with Crippen LogP contribution in [-0.4, -0.2) is 12.6 Å². The van der Waals surface area contributed by atoms with E-state index >= 15 is 0 Å². The minimum atomic E-state index is -0.363. The first-order valence-corrected chi connectivity index (χ1v) is 17.4. The third-order valence-corrected chi connectivity index (χ3v) is 8.50. The maximum absolute atomic E-state index is 12.7. The average Bonchev–Trinajstić information content (AvgIpc) is 3.09. The van der Waals surface area contributed by atoms with E-state index in [1.807, 2.05) is 78.9 Å². The molecule has 0 radical (unpaired) electrons. The van der Waals surface area contributed by atoms with Crippen molar-refractivity contribution in [1.29, 1.82) is 0 Å². The summed E-state index contributed by atoms with van der Waals surface area (Å²) in [7, 11) is 0. The molecular weight excluding hydrogens is 552 g/mol.